The minimum Gasteiger partial charge on any atom is -0.466 e. The number of nitrogens with two attached hydrogens (primary N) is 1. The number of furan rings is 1. The van der Waals surface area contributed by atoms with Gasteiger partial charge in [-0.25, -0.2) is 9.67 Å². The smallest absolute Gasteiger partial charge is 0.225 e. The van der Waals surface area contributed by atoms with Crippen LogP contribution in [0.2, 0.25) is 0 Å². The van der Waals surface area contributed by atoms with Crippen LogP contribution in [0.15, 0.2) is 34.7 Å². The zero-order chi connectivity index (χ0) is 17.3. The van der Waals surface area contributed by atoms with Crippen molar-refractivity contribution in [3.8, 4) is 11.4 Å². The second-order valence-corrected chi connectivity index (χ2v) is 5.97. The van der Waals surface area contributed by atoms with Crippen LogP contribution in [0.5, 0.6) is 0 Å². The number of hydrogen-bond donors (Lipinski definition) is 1. The topological polar surface area (TPSA) is 86.9 Å². The van der Waals surface area contributed by atoms with Crippen LogP contribution in [0.1, 0.15) is 28.5 Å². The molecule has 2 heterocycles. The summed E-state index contributed by atoms with van der Waals surface area (Å²) < 4.78 is 7.41. The van der Waals surface area contributed by atoms with E-state index in [0.717, 1.165) is 22.6 Å². The fourth-order valence-electron chi connectivity index (χ4n) is 2.77. The molecular formula is C18H20N4O2. The van der Waals surface area contributed by atoms with Crippen molar-refractivity contribution in [2.24, 2.45) is 5.73 Å². The lowest BCUT2D eigenvalue weighted by Gasteiger charge is -2.06. The van der Waals surface area contributed by atoms with Crippen molar-refractivity contribution < 1.29 is 9.21 Å². The first-order valence-electron chi connectivity index (χ1n) is 7.77. The molecule has 0 saturated carbocycles. The molecule has 6 heteroatoms. The molecule has 124 valence electrons. The zero-order valence-corrected chi connectivity index (χ0v) is 14.0. The lowest BCUT2D eigenvalue weighted by molar-refractivity contribution is -0.117. The van der Waals surface area contributed by atoms with Crippen LogP contribution < -0.4 is 5.73 Å². The van der Waals surface area contributed by atoms with E-state index in [1.807, 2.05) is 45.0 Å². The van der Waals surface area contributed by atoms with E-state index in [-0.39, 0.29) is 6.42 Å². The van der Waals surface area contributed by atoms with Gasteiger partial charge >= 0.3 is 0 Å². The first kappa shape index (κ1) is 16.0. The highest BCUT2D eigenvalue weighted by atomic mass is 16.3. The number of hydrogen-bond acceptors (Lipinski definition) is 4. The van der Waals surface area contributed by atoms with Gasteiger partial charge in [0.15, 0.2) is 11.6 Å². The molecule has 3 rings (SSSR count). The van der Waals surface area contributed by atoms with Crippen molar-refractivity contribution >= 4 is 5.91 Å². The van der Waals surface area contributed by atoms with Gasteiger partial charge in [0.2, 0.25) is 5.91 Å². The molecule has 0 aliphatic heterocycles. The highest BCUT2D eigenvalue weighted by Gasteiger charge is 2.18. The molecule has 0 unspecified atom stereocenters. The van der Waals surface area contributed by atoms with Crippen LogP contribution in [-0.4, -0.2) is 20.7 Å². The maximum Gasteiger partial charge on any atom is 0.225 e. The zero-order valence-electron chi connectivity index (χ0n) is 14.0. The number of primary amides is 1. The van der Waals surface area contributed by atoms with E-state index in [1.165, 1.54) is 5.56 Å². The maximum absolute atomic E-state index is 11.2. The van der Waals surface area contributed by atoms with Gasteiger partial charge in [0, 0.05) is 0 Å². The summed E-state index contributed by atoms with van der Waals surface area (Å²) in [7, 11) is 0. The summed E-state index contributed by atoms with van der Waals surface area (Å²) >= 11 is 0. The van der Waals surface area contributed by atoms with Crippen LogP contribution in [0.4, 0.5) is 0 Å². The van der Waals surface area contributed by atoms with Gasteiger partial charge in [-0.05, 0) is 32.4 Å². The second kappa shape index (κ2) is 6.31. The van der Waals surface area contributed by atoms with Crippen molar-refractivity contribution in [1.82, 2.24) is 14.8 Å². The molecule has 2 aromatic heterocycles. The molecule has 0 aliphatic rings. The van der Waals surface area contributed by atoms with Gasteiger partial charge in [0.25, 0.3) is 0 Å². The quantitative estimate of drug-likeness (QED) is 0.781. The molecule has 0 saturated heterocycles. The Morgan fingerprint density at radius 3 is 2.67 bits per heavy atom. The van der Waals surface area contributed by atoms with Crippen LogP contribution in [0.3, 0.4) is 0 Å². The number of amides is 1. The third kappa shape index (κ3) is 3.37. The van der Waals surface area contributed by atoms with Crippen LogP contribution >= 0.6 is 0 Å². The fraction of sp³-hybridized carbons (Fsp3) is 0.278. The predicted molar refractivity (Wildman–Crippen MR) is 90.4 cm³/mol. The van der Waals surface area contributed by atoms with Crippen LogP contribution in [0, 0.1) is 20.8 Å². The molecule has 0 fully saturated rings. The number of benzene rings is 1. The molecule has 1 amide bonds. The van der Waals surface area contributed by atoms with Crippen molar-refractivity contribution in [3.63, 3.8) is 0 Å². The lowest BCUT2D eigenvalue weighted by atomic mass is 10.1. The molecule has 3 aromatic rings. The average molecular weight is 324 g/mol. The van der Waals surface area contributed by atoms with Gasteiger partial charge < -0.3 is 10.2 Å². The molecule has 1 aromatic carbocycles. The normalized spacial score (nSPS) is 11.0. The molecule has 2 N–H and O–H groups in total. The summed E-state index contributed by atoms with van der Waals surface area (Å²) in [6.45, 7) is 6.39. The summed E-state index contributed by atoms with van der Waals surface area (Å²) in [4.78, 5) is 15.7. The van der Waals surface area contributed by atoms with E-state index < -0.39 is 5.91 Å². The van der Waals surface area contributed by atoms with E-state index in [2.05, 4.69) is 16.1 Å². The number of carbonyl (C=O) groups excluding carboxylic acids is 1. The van der Waals surface area contributed by atoms with Gasteiger partial charge in [0.1, 0.15) is 11.5 Å². The number of aryl methyl sites for hydroxylation is 3. The molecule has 0 aliphatic carbocycles. The van der Waals surface area contributed by atoms with Crippen molar-refractivity contribution in [2.75, 3.05) is 0 Å². The summed E-state index contributed by atoms with van der Waals surface area (Å²) in [5, 5.41) is 4.47. The number of carbonyl (C=O) groups is 1. The Bertz CT molecular complexity index is 892. The minimum atomic E-state index is -0.450. The second-order valence-electron chi connectivity index (χ2n) is 5.97. The van der Waals surface area contributed by atoms with Gasteiger partial charge in [0.05, 0.1) is 18.5 Å². The third-order valence-corrected chi connectivity index (χ3v) is 3.74. The van der Waals surface area contributed by atoms with Gasteiger partial charge in [-0.15, -0.1) is 0 Å². The van der Waals surface area contributed by atoms with Gasteiger partial charge in [-0.1, -0.05) is 29.8 Å². The summed E-state index contributed by atoms with van der Waals surface area (Å²) in [5.41, 5.74) is 8.46. The Labute approximate surface area is 140 Å². The van der Waals surface area contributed by atoms with Crippen molar-refractivity contribution in [3.05, 3.63) is 58.8 Å². The van der Waals surface area contributed by atoms with E-state index in [0.29, 0.717) is 18.2 Å². The van der Waals surface area contributed by atoms with Gasteiger partial charge in [-0.3, -0.25) is 4.79 Å². The molecule has 24 heavy (non-hydrogen) atoms. The van der Waals surface area contributed by atoms with Crippen LogP contribution in [-0.2, 0) is 17.8 Å². The van der Waals surface area contributed by atoms with E-state index in [1.54, 1.807) is 4.68 Å². The Morgan fingerprint density at radius 1 is 1.25 bits per heavy atom. The standard InChI is InChI=1S/C18H20N4O2/c1-11-5-4-6-14(7-11)10-22-18(15-8-12(2)24-13(15)3)20-17(21-22)9-16(19)23/h4-8H,9-10H2,1-3H3,(H2,19,23). The number of nitrogens with zero attached hydrogens (tertiary/aromatic N) is 3. The van der Waals surface area contributed by atoms with Gasteiger partial charge in [-0.2, -0.15) is 5.10 Å². The largest absolute Gasteiger partial charge is 0.466 e. The molecule has 0 bridgehead atoms. The predicted octanol–water partition coefficient (Wildman–Crippen LogP) is 2.54. The average Bonchev–Trinajstić information content (AvgIpc) is 3.01. The molecule has 0 spiro atoms. The Balaban J connectivity index is 2.04. The van der Waals surface area contributed by atoms with Crippen LogP contribution in [0.25, 0.3) is 11.4 Å². The maximum atomic E-state index is 11.2. The minimum absolute atomic E-state index is 0.0176. The monoisotopic (exact) mass is 324 g/mol. The van der Waals surface area contributed by atoms with Crippen molar-refractivity contribution in [1.29, 1.82) is 0 Å². The van der Waals surface area contributed by atoms with Crippen molar-refractivity contribution in [2.45, 2.75) is 33.7 Å². The molecule has 0 radical (unpaired) electrons. The molecule has 6 nitrogen and oxygen atoms in total. The summed E-state index contributed by atoms with van der Waals surface area (Å²) in [6.07, 6.45) is 0.0176. The number of rotatable bonds is 5. The first-order chi connectivity index (χ1) is 11.4. The first-order valence-corrected chi connectivity index (χ1v) is 7.77. The Hall–Kier alpha value is -2.89. The Kier molecular flexibility index (Phi) is 4.20. The van der Waals surface area contributed by atoms with E-state index in [9.17, 15) is 4.79 Å². The molecular weight excluding hydrogens is 304 g/mol. The summed E-state index contributed by atoms with van der Waals surface area (Å²) in [5.74, 6) is 2.24. The van der Waals surface area contributed by atoms with E-state index >= 15 is 0 Å². The number of aromatic nitrogens is 3. The molecule has 0 atom stereocenters. The Morgan fingerprint density at radius 2 is 2.04 bits per heavy atom. The summed E-state index contributed by atoms with van der Waals surface area (Å²) in [6, 6.07) is 10.1. The third-order valence-electron chi connectivity index (χ3n) is 3.74. The lowest BCUT2D eigenvalue weighted by Crippen LogP contribution is -2.15. The highest BCUT2D eigenvalue weighted by Crippen LogP contribution is 2.26. The fourth-order valence-corrected chi connectivity index (χ4v) is 2.77. The SMILES string of the molecule is Cc1cccc(Cn2nc(CC(N)=O)nc2-c2cc(C)oc2C)c1. The van der Waals surface area contributed by atoms with E-state index in [4.69, 9.17) is 10.2 Å². The highest BCUT2D eigenvalue weighted by molar-refractivity contribution is 5.75.